The van der Waals surface area contributed by atoms with E-state index >= 15 is 0 Å². The Hall–Kier alpha value is -2.06. The molecule has 1 amide bonds. The molecule has 0 bridgehead atoms. The molecule has 0 saturated carbocycles. The smallest absolute Gasteiger partial charge is 0.326 e. The molecule has 24 heavy (non-hydrogen) atoms. The van der Waals surface area contributed by atoms with Gasteiger partial charge in [-0.2, -0.15) is 0 Å². The van der Waals surface area contributed by atoms with E-state index in [0.717, 1.165) is 17.3 Å². The Labute approximate surface area is 148 Å². The fourth-order valence-electron chi connectivity index (χ4n) is 2.54. The molecule has 2 aliphatic heterocycles. The molecule has 1 aromatic carbocycles. The number of amides is 1. The fourth-order valence-corrected chi connectivity index (χ4v) is 3.90. The highest BCUT2D eigenvalue weighted by molar-refractivity contribution is 8.26. The Morgan fingerprint density at radius 1 is 1.46 bits per heavy atom. The highest BCUT2D eigenvalue weighted by Crippen LogP contribution is 2.37. The second kappa shape index (κ2) is 6.82. The Morgan fingerprint density at radius 2 is 2.21 bits per heavy atom. The molecule has 2 heterocycles. The molecule has 8 heteroatoms. The Balaban J connectivity index is 1.86. The zero-order chi connectivity index (χ0) is 17.3. The van der Waals surface area contributed by atoms with Crippen molar-refractivity contribution in [1.82, 2.24) is 4.90 Å². The minimum absolute atomic E-state index is 0.179. The van der Waals surface area contributed by atoms with Crippen LogP contribution in [0.3, 0.4) is 0 Å². The number of carbonyl (C=O) groups excluding carboxylic acids is 1. The van der Waals surface area contributed by atoms with Gasteiger partial charge in [0.15, 0.2) is 11.5 Å². The van der Waals surface area contributed by atoms with Crippen LogP contribution in [0.5, 0.6) is 11.5 Å². The first kappa shape index (κ1) is 16.8. The van der Waals surface area contributed by atoms with Crippen LogP contribution in [0.2, 0.25) is 0 Å². The van der Waals surface area contributed by atoms with Gasteiger partial charge in [0.1, 0.15) is 10.4 Å². The molecule has 1 N–H and O–H groups in total. The summed E-state index contributed by atoms with van der Waals surface area (Å²) in [4.78, 5) is 25.7. The number of nitrogens with zero attached hydrogens (tertiary/aromatic N) is 1. The van der Waals surface area contributed by atoms with Crippen molar-refractivity contribution in [3.8, 4) is 11.5 Å². The average Bonchev–Trinajstić information content (AvgIpc) is 3.10. The van der Waals surface area contributed by atoms with Gasteiger partial charge in [-0.05, 0) is 30.2 Å². The molecule has 126 valence electrons. The van der Waals surface area contributed by atoms with Crippen molar-refractivity contribution >= 4 is 46.3 Å². The third-order valence-corrected chi connectivity index (χ3v) is 5.01. The molecule has 0 spiro atoms. The normalized spacial score (nSPS) is 19.2. The van der Waals surface area contributed by atoms with Crippen LogP contribution in [0.4, 0.5) is 0 Å². The van der Waals surface area contributed by atoms with Gasteiger partial charge in [0.25, 0.3) is 5.91 Å². The second-order valence-electron chi connectivity index (χ2n) is 5.31. The molecule has 0 radical (unpaired) electrons. The van der Waals surface area contributed by atoms with Crippen molar-refractivity contribution in [3.63, 3.8) is 0 Å². The minimum atomic E-state index is -1.04. The second-order valence-corrected chi connectivity index (χ2v) is 6.98. The van der Waals surface area contributed by atoms with Gasteiger partial charge in [-0.15, -0.1) is 0 Å². The third kappa shape index (κ3) is 3.11. The lowest BCUT2D eigenvalue weighted by molar-refractivity contribution is -0.145. The summed E-state index contributed by atoms with van der Waals surface area (Å²) in [7, 11) is 0. The summed E-state index contributed by atoms with van der Waals surface area (Å²) in [6.07, 6.45) is 2.69. The summed E-state index contributed by atoms with van der Waals surface area (Å²) in [6, 6.07) is 4.42. The van der Waals surface area contributed by atoms with E-state index in [9.17, 15) is 14.7 Å². The first-order chi connectivity index (χ1) is 11.5. The van der Waals surface area contributed by atoms with Crippen LogP contribution in [0, 0.1) is 0 Å². The van der Waals surface area contributed by atoms with Crippen molar-refractivity contribution in [3.05, 3.63) is 28.7 Å². The maximum Gasteiger partial charge on any atom is 0.326 e. The summed E-state index contributed by atoms with van der Waals surface area (Å²) in [5.41, 5.74) is 0.766. The van der Waals surface area contributed by atoms with Gasteiger partial charge in [0.2, 0.25) is 6.79 Å². The van der Waals surface area contributed by atoms with E-state index in [2.05, 4.69) is 0 Å². The van der Waals surface area contributed by atoms with E-state index < -0.39 is 12.0 Å². The summed E-state index contributed by atoms with van der Waals surface area (Å²) in [5.74, 6) is -0.136. The molecule has 3 rings (SSSR count). The fraction of sp³-hybridized carbons (Fsp3) is 0.312. The van der Waals surface area contributed by atoms with Crippen LogP contribution < -0.4 is 9.47 Å². The Kier molecular flexibility index (Phi) is 4.77. The predicted molar refractivity (Wildman–Crippen MR) is 93.9 cm³/mol. The zero-order valence-corrected chi connectivity index (χ0v) is 14.5. The van der Waals surface area contributed by atoms with Gasteiger partial charge < -0.3 is 14.6 Å². The van der Waals surface area contributed by atoms with E-state index in [4.69, 9.17) is 21.7 Å². The molecule has 1 fully saturated rings. The molecule has 0 aromatic heterocycles. The summed E-state index contributed by atoms with van der Waals surface area (Å²) in [6.45, 7) is 2.05. The van der Waals surface area contributed by atoms with Gasteiger partial charge in [0.05, 0.1) is 4.91 Å². The quantitative estimate of drug-likeness (QED) is 0.635. The molecular formula is C16H15NO5S2. The molecule has 0 aliphatic carbocycles. The van der Waals surface area contributed by atoms with Crippen LogP contribution in [0.1, 0.15) is 25.3 Å². The lowest BCUT2D eigenvalue weighted by Crippen LogP contribution is -2.43. The number of thioether (sulfide) groups is 1. The topological polar surface area (TPSA) is 76.1 Å². The number of hydrogen-bond acceptors (Lipinski definition) is 6. The van der Waals surface area contributed by atoms with Crippen molar-refractivity contribution in [2.75, 3.05) is 6.79 Å². The van der Waals surface area contributed by atoms with E-state index in [1.807, 2.05) is 6.92 Å². The van der Waals surface area contributed by atoms with Gasteiger partial charge in [-0.25, -0.2) is 4.79 Å². The maximum atomic E-state index is 12.6. The number of carboxylic acids is 1. The lowest BCUT2D eigenvalue weighted by Gasteiger charge is -2.22. The van der Waals surface area contributed by atoms with Crippen molar-refractivity contribution in [2.24, 2.45) is 0 Å². The van der Waals surface area contributed by atoms with E-state index in [1.165, 1.54) is 4.90 Å². The maximum absolute atomic E-state index is 12.6. The molecule has 2 aliphatic rings. The monoisotopic (exact) mass is 365 g/mol. The number of ether oxygens (including phenoxy) is 2. The largest absolute Gasteiger partial charge is 0.480 e. The van der Waals surface area contributed by atoms with Gasteiger partial charge >= 0.3 is 5.97 Å². The number of fused-ring (bicyclic) bond motifs is 1. The van der Waals surface area contributed by atoms with Crippen molar-refractivity contribution in [1.29, 1.82) is 0 Å². The summed E-state index contributed by atoms with van der Waals surface area (Å²) >= 11 is 6.33. The number of rotatable bonds is 5. The minimum Gasteiger partial charge on any atom is -0.480 e. The van der Waals surface area contributed by atoms with Gasteiger partial charge in [-0.1, -0.05) is 43.4 Å². The van der Waals surface area contributed by atoms with Gasteiger partial charge in [-0.3, -0.25) is 9.69 Å². The van der Waals surface area contributed by atoms with Crippen LogP contribution in [-0.2, 0) is 9.59 Å². The zero-order valence-electron chi connectivity index (χ0n) is 12.9. The highest BCUT2D eigenvalue weighted by Gasteiger charge is 2.39. The van der Waals surface area contributed by atoms with Crippen LogP contribution in [0.15, 0.2) is 23.1 Å². The molecular weight excluding hydrogens is 350 g/mol. The highest BCUT2D eigenvalue weighted by atomic mass is 32.2. The average molecular weight is 365 g/mol. The number of carbonyl (C=O) groups is 2. The lowest BCUT2D eigenvalue weighted by atomic mass is 10.1. The first-order valence-corrected chi connectivity index (χ1v) is 8.63. The van der Waals surface area contributed by atoms with E-state index in [-0.39, 0.29) is 17.0 Å². The number of benzene rings is 1. The summed E-state index contributed by atoms with van der Waals surface area (Å²) < 4.78 is 10.8. The molecule has 1 aromatic rings. The molecule has 1 saturated heterocycles. The van der Waals surface area contributed by atoms with Crippen molar-refractivity contribution < 1.29 is 24.2 Å². The van der Waals surface area contributed by atoms with Crippen molar-refractivity contribution in [2.45, 2.75) is 25.8 Å². The summed E-state index contributed by atoms with van der Waals surface area (Å²) in [5, 5.41) is 9.37. The van der Waals surface area contributed by atoms with Crippen LogP contribution >= 0.6 is 24.0 Å². The number of carboxylic acid groups (broad SMARTS) is 1. The van der Waals surface area contributed by atoms with Gasteiger partial charge in [0, 0.05) is 0 Å². The predicted octanol–water partition coefficient (Wildman–Crippen LogP) is 2.87. The van der Waals surface area contributed by atoms with Crippen LogP contribution in [0.25, 0.3) is 6.08 Å². The van der Waals surface area contributed by atoms with E-state index in [0.29, 0.717) is 29.2 Å². The standard InChI is InChI=1S/C16H15NO5S2/c1-2-3-10(15(19)20)17-14(18)13(24-16(17)23)7-9-4-5-11-12(6-9)22-8-21-11/h4-7,10H,2-3,8H2,1H3,(H,19,20)/b13-7-/t10-/m0/s1. The molecule has 0 unspecified atom stereocenters. The number of hydrogen-bond donors (Lipinski definition) is 1. The number of aliphatic carboxylic acids is 1. The molecule has 1 atom stereocenters. The third-order valence-electron chi connectivity index (χ3n) is 3.68. The Morgan fingerprint density at radius 3 is 2.92 bits per heavy atom. The van der Waals surface area contributed by atoms with E-state index in [1.54, 1.807) is 24.3 Å². The Bertz CT molecular complexity index is 746. The SMILES string of the molecule is CCC[C@@H](C(=O)O)N1C(=O)/C(=C/c2ccc3c(c2)OCO3)SC1=S. The number of thiocarbonyl (C=S) groups is 1. The van der Waals surface area contributed by atoms with Crippen LogP contribution in [-0.4, -0.2) is 39.0 Å². The first-order valence-electron chi connectivity index (χ1n) is 7.40. The molecule has 6 nitrogen and oxygen atoms in total.